The van der Waals surface area contributed by atoms with Crippen molar-refractivity contribution in [3.8, 4) is 0 Å². The van der Waals surface area contributed by atoms with Crippen LogP contribution in [-0.4, -0.2) is 24.4 Å². The number of hydrogen-bond acceptors (Lipinski definition) is 4. The molecule has 0 bridgehead atoms. The minimum Gasteiger partial charge on any atom is -0.452 e. The van der Waals surface area contributed by atoms with E-state index >= 15 is 0 Å². The number of amides is 2. The summed E-state index contributed by atoms with van der Waals surface area (Å²) < 4.78 is 5.59. The highest BCUT2D eigenvalue weighted by atomic mass is 79.9. The van der Waals surface area contributed by atoms with E-state index in [0.29, 0.717) is 11.1 Å². The van der Waals surface area contributed by atoms with Gasteiger partial charge >= 0.3 is 5.97 Å². The average Bonchev–Trinajstić information content (AvgIpc) is 2.53. The number of halogens is 1. The smallest absolute Gasteiger partial charge is 0.338 e. The van der Waals surface area contributed by atoms with E-state index < -0.39 is 24.4 Å². The molecule has 6 heteroatoms. The zero-order chi connectivity index (χ0) is 15.9. The fourth-order valence-electron chi connectivity index (χ4n) is 1.65. The molecule has 0 radical (unpaired) electrons. The van der Waals surface area contributed by atoms with E-state index in [1.807, 2.05) is 0 Å². The lowest BCUT2D eigenvalue weighted by Crippen LogP contribution is -2.34. The van der Waals surface area contributed by atoms with Gasteiger partial charge in [0.15, 0.2) is 6.61 Å². The van der Waals surface area contributed by atoms with Gasteiger partial charge in [0.25, 0.3) is 11.8 Å². The van der Waals surface area contributed by atoms with Gasteiger partial charge < -0.3 is 4.74 Å². The van der Waals surface area contributed by atoms with E-state index in [1.54, 1.807) is 54.6 Å². The number of hydrogen-bond donors (Lipinski definition) is 1. The summed E-state index contributed by atoms with van der Waals surface area (Å²) in [5.41, 5.74) is 0.672. The second-order valence-electron chi connectivity index (χ2n) is 4.33. The number of esters is 1. The number of nitrogens with one attached hydrogen (secondary N) is 1. The highest BCUT2D eigenvalue weighted by Crippen LogP contribution is 2.12. The Bertz CT molecular complexity index is 700. The lowest BCUT2D eigenvalue weighted by Gasteiger charge is -2.06. The number of imide groups is 1. The Hall–Kier alpha value is -2.47. The van der Waals surface area contributed by atoms with Gasteiger partial charge in [-0.05, 0) is 30.3 Å². The third kappa shape index (κ3) is 4.53. The monoisotopic (exact) mass is 361 g/mol. The van der Waals surface area contributed by atoms with Crippen LogP contribution in [0, 0.1) is 0 Å². The Balaban J connectivity index is 1.85. The van der Waals surface area contributed by atoms with Crippen LogP contribution in [0.1, 0.15) is 20.7 Å². The Morgan fingerprint density at radius 2 is 1.64 bits per heavy atom. The van der Waals surface area contributed by atoms with Crippen LogP contribution >= 0.6 is 15.9 Å². The van der Waals surface area contributed by atoms with E-state index in [4.69, 9.17) is 4.74 Å². The summed E-state index contributed by atoms with van der Waals surface area (Å²) >= 11 is 3.24. The molecule has 0 aliphatic carbocycles. The van der Waals surface area contributed by atoms with Gasteiger partial charge in [0.2, 0.25) is 0 Å². The molecule has 112 valence electrons. The Labute approximate surface area is 135 Å². The first-order valence-corrected chi connectivity index (χ1v) is 7.17. The van der Waals surface area contributed by atoms with Crippen molar-refractivity contribution in [3.05, 3.63) is 70.2 Å². The Morgan fingerprint density at radius 3 is 2.32 bits per heavy atom. The maximum absolute atomic E-state index is 11.7. The summed E-state index contributed by atoms with van der Waals surface area (Å²) in [4.78, 5) is 35.1. The van der Waals surface area contributed by atoms with Crippen molar-refractivity contribution in [3.63, 3.8) is 0 Å². The number of ether oxygens (including phenoxy) is 1. The van der Waals surface area contributed by atoms with Crippen LogP contribution in [0.2, 0.25) is 0 Å². The van der Waals surface area contributed by atoms with Crippen LogP contribution in [0.5, 0.6) is 0 Å². The first-order valence-electron chi connectivity index (χ1n) is 6.38. The molecular formula is C16H12BrNO4. The maximum atomic E-state index is 11.7. The summed E-state index contributed by atoms with van der Waals surface area (Å²) in [6, 6.07) is 14.9. The van der Waals surface area contributed by atoms with E-state index in [2.05, 4.69) is 21.2 Å². The molecule has 0 heterocycles. The van der Waals surface area contributed by atoms with Crippen molar-refractivity contribution in [1.82, 2.24) is 5.32 Å². The lowest BCUT2D eigenvalue weighted by atomic mass is 10.2. The summed E-state index contributed by atoms with van der Waals surface area (Å²) in [7, 11) is 0. The molecule has 0 saturated carbocycles. The van der Waals surface area contributed by atoms with Crippen LogP contribution in [0.3, 0.4) is 0 Å². The van der Waals surface area contributed by atoms with Gasteiger partial charge in [0.05, 0.1) is 5.56 Å². The van der Waals surface area contributed by atoms with Crippen LogP contribution in [0.25, 0.3) is 0 Å². The van der Waals surface area contributed by atoms with Crippen molar-refractivity contribution in [1.29, 1.82) is 0 Å². The molecule has 2 amide bonds. The van der Waals surface area contributed by atoms with Crippen molar-refractivity contribution >= 4 is 33.7 Å². The molecule has 0 saturated heterocycles. The number of rotatable bonds is 4. The van der Waals surface area contributed by atoms with Gasteiger partial charge in [0.1, 0.15) is 0 Å². The van der Waals surface area contributed by atoms with Gasteiger partial charge in [-0.1, -0.05) is 40.2 Å². The number of benzene rings is 2. The van der Waals surface area contributed by atoms with Crippen LogP contribution in [0.15, 0.2) is 59.1 Å². The fourth-order valence-corrected chi connectivity index (χ4v) is 2.05. The summed E-state index contributed by atoms with van der Waals surface area (Å²) in [5, 5.41) is 2.15. The molecular weight excluding hydrogens is 350 g/mol. The molecule has 5 nitrogen and oxygen atoms in total. The molecule has 0 unspecified atom stereocenters. The molecule has 22 heavy (non-hydrogen) atoms. The molecule has 0 aromatic heterocycles. The molecule has 2 aromatic carbocycles. The summed E-state index contributed by atoms with van der Waals surface area (Å²) in [6.07, 6.45) is 0. The molecule has 0 aliphatic rings. The Morgan fingerprint density at radius 1 is 0.955 bits per heavy atom. The van der Waals surface area contributed by atoms with Crippen molar-refractivity contribution in [2.75, 3.05) is 6.61 Å². The average molecular weight is 362 g/mol. The second-order valence-corrected chi connectivity index (χ2v) is 5.25. The maximum Gasteiger partial charge on any atom is 0.338 e. The summed E-state index contributed by atoms with van der Waals surface area (Å²) in [5.74, 6) is -1.86. The predicted molar refractivity (Wildman–Crippen MR) is 83.3 cm³/mol. The number of carbonyl (C=O) groups excluding carboxylic acids is 3. The van der Waals surface area contributed by atoms with Crippen molar-refractivity contribution in [2.24, 2.45) is 0 Å². The zero-order valence-electron chi connectivity index (χ0n) is 11.4. The van der Waals surface area contributed by atoms with E-state index in [0.717, 1.165) is 4.47 Å². The molecule has 0 fully saturated rings. The highest BCUT2D eigenvalue weighted by molar-refractivity contribution is 9.10. The molecule has 2 rings (SSSR count). The van der Waals surface area contributed by atoms with Gasteiger partial charge in [0, 0.05) is 10.0 Å². The largest absolute Gasteiger partial charge is 0.452 e. The number of carbonyl (C=O) groups is 3. The van der Waals surface area contributed by atoms with Gasteiger partial charge in [-0.25, -0.2) is 4.79 Å². The molecule has 2 aromatic rings. The topological polar surface area (TPSA) is 72.5 Å². The van der Waals surface area contributed by atoms with E-state index in [1.165, 1.54) is 0 Å². The first-order chi connectivity index (χ1) is 10.6. The van der Waals surface area contributed by atoms with Crippen LogP contribution < -0.4 is 5.32 Å². The van der Waals surface area contributed by atoms with Crippen LogP contribution in [-0.2, 0) is 9.53 Å². The van der Waals surface area contributed by atoms with Gasteiger partial charge in [-0.2, -0.15) is 0 Å². The standard InChI is InChI=1S/C16H12BrNO4/c17-13-8-4-7-12(9-13)16(21)22-10-14(19)18-15(20)11-5-2-1-3-6-11/h1-9H,10H2,(H,18,19,20). The van der Waals surface area contributed by atoms with Gasteiger partial charge in [-0.15, -0.1) is 0 Å². The molecule has 0 spiro atoms. The quantitative estimate of drug-likeness (QED) is 0.849. The van der Waals surface area contributed by atoms with Gasteiger partial charge in [-0.3, -0.25) is 14.9 Å². The lowest BCUT2D eigenvalue weighted by molar-refractivity contribution is -0.123. The zero-order valence-corrected chi connectivity index (χ0v) is 13.0. The fraction of sp³-hybridized carbons (Fsp3) is 0.0625. The normalized spacial score (nSPS) is 9.86. The highest BCUT2D eigenvalue weighted by Gasteiger charge is 2.13. The second kappa shape index (κ2) is 7.51. The summed E-state index contributed by atoms with van der Waals surface area (Å²) in [6.45, 7) is -0.524. The molecule has 0 atom stereocenters. The van der Waals surface area contributed by atoms with Crippen molar-refractivity contribution in [2.45, 2.75) is 0 Å². The molecule has 1 N–H and O–H groups in total. The third-order valence-electron chi connectivity index (χ3n) is 2.68. The minimum atomic E-state index is -0.683. The van der Waals surface area contributed by atoms with Crippen molar-refractivity contribution < 1.29 is 19.1 Å². The van der Waals surface area contributed by atoms with E-state index in [-0.39, 0.29) is 0 Å². The Kier molecular flexibility index (Phi) is 5.43. The first kappa shape index (κ1) is 15.9. The minimum absolute atomic E-state index is 0.316. The third-order valence-corrected chi connectivity index (χ3v) is 3.18. The predicted octanol–water partition coefficient (Wildman–Crippen LogP) is 2.56. The van der Waals surface area contributed by atoms with Crippen LogP contribution in [0.4, 0.5) is 0 Å². The SMILES string of the molecule is O=C(COC(=O)c1cccc(Br)c1)NC(=O)c1ccccc1. The molecule has 0 aliphatic heterocycles. The van der Waals surface area contributed by atoms with E-state index in [9.17, 15) is 14.4 Å².